The van der Waals surface area contributed by atoms with Gasteiger partial charge in [0.2, 0.25) is 5.91 Å². The van der Waals surface area contributed by atoms with E-state index in [4.69, 9.17) is 16.9 Å². The van der Waals surface area contributed by atoms with Crippen LogP contribution in [0.4, 0.5) is 5.69 Å². The van der Waals surface area contributed by atoms with Crippen molar-refractivity contribution in [1.82, 2.24) is 0 Å². The van der Waals surface area contributed by atoms with Crippen LogP contribution in [0, 0.1) is 18.3 Å². The summed E-state index contributed by atoms with van der Waals surface area (Å²) in [5, 5.41) is 19.2. The predicted octanol–water partition coefficient (Wildman–Crippen LogP) is 2.40. The van der Waals surface area contributed by atoms with Crippen LogP contribution >= 0.6 is 11.6 Å². The first-order chi connectivity index (χ1) is 9.01. The largest absolute Gasteiger partial charge is 0.390 e. The lowest BCUT2D eigenvalue weighted by Crippen LogP contribution is -2.37. The highest BCUT2D eigenvalue weighted by Crippen LogP contribution is 2.35. The molecule has 2 rings (SSSR count). The fraction of sp³-hybridized carbons (Fsp3) is 0.429. The van der Waals surface area contributed by atoms with E-state index >= 15 is 0 Å². The number of carbonyl (C=O) groups is 1. The van der Waals surface area contributed by atoms with Crippen LogP contribution in [0.2, 0.25) is 5.02 Å². The quantitative estimate of drug-likeness (QED) is 0.903. The molecule has 1 heterocycles. The van der Waals surface area contributed by atoms with Crippen molar-refractivity contribution in [2.24, 2.45) is 0 Å². The number of amides is 1. The van der Waals surface area contributed by atoms with Crippen molar-refractivity contribution in [3.05, 3.63) is 28.3 Å². The van der Waals surface area contributed by atoms with Gasteiger partial charge in [0.25, 0.3) is 0 Å². The van der Waals surface area contributed by atoms with Gasteiger partial charge in [-0.2, -0.15) is 5.26 Å². The molecule has 1 aliphatic heterocycles. The molecule has 5 heteroatoms. The van der Waals surface area contributed by atoms with Crippen LogP contribution in [0.1, 0.15) is 30.9 Å². The molecule has 0 spiro atoms. The number of halogens is 1. The fourth-order valence-corrected chi connectivity index (χ4v) is 2.76. The van der Waals surface area contributed by atoms with Crippen LogP contribution < -0.4 is 4.90 Å². The molecule has 1 aromatic rings. The minimum atomic E-state index is -0.647. The minimum absolute atomic E-state index is 0.108. The Morgan fingerprint density at radius 2 is 2.26 bits per heavy atom. The molecule has 0 aliphatic carbocycles. The Morgan fingerprint density at radius 3 is 2.84 bits per heavy atom. The average Bonchev–Trinajstić information content (AvgIpc) is 2.67. The van der Waals surface area contributed by atoms with E-state index in [9.17, 15) is 9.90 Å². The number of nitrogens with zero attached hydrogens (tertiary/aromatic N) is 2. The highest BCUT2D eigenvalue weighted by Gasteiger charge is 2.39. The second-order valence-corrected chi connectivity index (χ2v) is 5.07. The van der Waals surface area contributed by atoms with Crippen molar-refractivity contribution in [1.29, 1.82) is 5.26 Å². The molecule has 1 aromatic carbocycles. The maximum atomic E-state index is 12.0. The van der Waals surface area contributed by atoms with Crippen LogP contribution in [0.15, 0.2) is 12.1 Å². The smallest absolute Gasteiger partial charge is 0.230 e. The van der Waals surface area contributed by atoms with Crippen molar-refractivity contribution in [2.75, 3.05) is 4.90 Å². The molecule has 1 saturated heterocycles. The van der Waals surface area contributed by atoms with Crippen molar-refractivity contribution in [3.8, 4) is 6.07 Å². The van der Waals surface area contributed by atoms with Crippen LogP contribution in [0.25, 0.3) is 0 Å². The SMILES string of the molecule is CC[C@H]1[C@H](O)CC(=O)N1c1ccc(C#N)c(Cl)c1C. The number of benzene rings is 1. The van der Waals surface area contributed by atoms with Gasteiger partial charge in [0.1, 0.15) is 6.07 Å². The van der Waals surface area contributed by atoms with E-state index in [-0.39, 0.29) is 18.4 Å². The molecule has 1 aliphatic rings. The number of rotatable bonds is 2. The fourth-order valence-electron chi connectivity index (χ4n) is 2.56. The Kier molecular flexibility index (Phi) is 3.79. The first kappa shape index (κ1) is 13.9. The molecule has 0 bridgehead atoms. The number of hydrogen-bond acceptors (Lipinski definition) is 3. The maximum Gasteiger partial charge on any atom is 0.230 e. The third kappa shape index (κ3) is 2.20. The van der Waals surface area contributed by atoms with Gasteiger partial charge in [-0.05, 0) is 31.0 Å². The molecule has 100 valence electrons. The Balaban J connectivity index is 2.50. The first-order valence-electron chi connectivity index (χ1n) is 6.20. The molecule has 19 heavy (non-hydrogen) atoms. The zero-order valence-corrected chi connectivity index (χ0v) is 11.6. The average molecular weight is 279 g/mol. The van der Waals surface area contributed by atoms with Crippen molar-refractivity contribution >= 4 is 23.2 Å². The molecule has 4 nitrogen and oxygen atoms in total. The lowest BCUT2D eigenvalue weighted by molar-refractivity contribution is -0.117. The number of anilines is 1. The Morgan fingerprint density at radius 1 is 1.58 bits per heavy atom. The summed E-state index contributed by atoms with van der Waals surface area (Å²) in [6.07, 6.45) is 0.158. The van der Waals surface area contributed by atoms with Gasteiger partial charge < -0.3 is 10.0 Å². The predicted molar refractivity (Wildman–Crippen MR) is 73.1 cm³/mol. The highest BCUT2D eigenvalue weighted by molar-refractivity contribution is 6.33. The van der Waals surface area contributed by atoms with E-state index in [1.165, 1.54) is 0 Å². The molecule has 0 unspecified atom stereocenters. The Labute approximate surface area is 117 Å². The summed E-state index contributed by atoms with van der Waals surface area (Å²) >= 11 is 6.13. The minimum Gasteiger partial charge on any atom is -0.390 e. The summed E-state index contributed by atoms with van der Waals surface area (Å²) in [4.78, 5) is 13.6. The maximum absolute atomic E-state index is 12.0. The zero-order valence-electron chi connectivity index (χ0n) is 10.9. The molecule has 1 fully saturated rings. The van der Waals surface area contributed by atoms with Gasteiger partial charge in [-0.25, -0.2) is 0 Å². The van der Waals surface area contributed by atoms with Crippen molar-refractivity contribution < 1.29 is 9.90 Å². The van der Waals surface area contributed by atoms with Crippen LogP contribution in [0.3, 0.4) is 0 Å². The number of aliphatic hydroxyl groups excluding tert-OH is 1. The van der Waals surface area contributed by atoms with Gasteiger partial charge in [0, 0.05) is 5.69 Å². The summed E-state index contributed by atoms with van der Waals surface area (Å²) in [5.74, 6) is -0.108. The summed E-state index contributed by atoms with van der Waals surface area (Å²) in [6.45, 7) is 3.71. The lowest BCUT2D eigenvalue weighted by Gasteiger charge is -2.27. The van der Waals surface area contributed by atoms with E-state index in [1.807, 2.05) is 13.0 Å². The molecule has 1 N–H and O–H groups in total. The molecule has 0 radical (unpaired) electrons. The van der Waals surface area contributed by atoms with E-state index < -0.39 is 6.10 Å². The molecule has 0 aromatic heterocycles. The zero-order chi connectivity index (χ0) is 14.2. The molecule has 0 saturated carbocycles. The van der Waals surface area contributed by atoms with Gasteiger partial charge in [-0.1, -0.05) is 18.5 Å². The molecular weight excluding hydrogens is 264 g/mol. The van der Waals surface area contributed by atoms with E-state index in [2.05, 4.69) is 0 Å². The van der Waals surface area contributed by atoms with Gasteiger partial charge in [0.05, 0.1) is 29.2 Å². The Hall–Kier alpha value is -1.57. The summed E-state index contributed by atoms with van der Waals surface area (Å²) < 4.78 is 0. The topological polar surface area (TPSA) is 64.3 Å². The number of carbonyl (C=O) groups excluding carboxylic acids is 1. The highest BCUT2D eigenvalue weighted by atomic mass is 35.5. The lowest BCUT2D eigenvalue weighted by atomic mass is 10.1. The second-order valence-electron chi connectivity index (χ2n) is 4.69. The standard InChI is InChI=1S/C14H15ClN2O2/c1-3-10-12(18)6-13(19)17(10)11-5-4-9(7-16)14(15)8(11)2/h4-5,10,12,18H,3,6H2,1-2H3/t10-,12+/m0/s1. The van der Waals surface area contributed by atoms with Gasteiger partial charge in [-0.15, -0.1) is 0 Å². The van der Waals surface area contributed by atoms with Gasteiger partial charge >= 0.3 is 0 Å². The van der Waals surface area contributed by atoms with E-state index in [1.54, 1.807) is 24.0 Å². The first-order valence-corrected chi connectivity index (χ1v) is 6.58. The summed E-state index contributed by atoms with van der Waals surface area (Å²) in [6, 6.07) is 5.11. The third-order valence-corrected chi connectivity index (χ3v) is 4.07. The van der Waals surface area contributed by atoms with E-state index in [0.717, 1.165) is 0 Å². The monoisotopic (exact) mass is 278 g/mol. The van der Waals surface area contributed by atoms with Crippen LogP contribution in [0.5, 0.6) is 0 Å². The molecule has 1 amide bonds. The van der Waals surface area contributed by atoms with Crippen LogP contribution in [-0.4, -0.2) is 23.2 Å². The molecule has 2 atom stereocenters. The van der Waals surface area contributed by atoms with Crippen molar-refractivity contribution in [3.63, 3.8) is 0 Å². The summed E-state index contributed by atoms with van der Waals surface area (Å²) in [5.41, 5.74) is 1.77. The summed E-state index contributed by atoms with van der Waals surface area (Å²) in [7, 11) is 0. The Bertz CT molecular complexity index is 565. The number of nitriles is 1. The normalized spacial score (nSPS) is 22.7. The molecular formula is C14H15ClN2O2. The van der Waals surface area contributed by atoms with Gasteiger partial charge in [0.15, 0.2) is 0 Å². The van der Waals surface area contributed by atoms with Crippen molar-refractivity contribution in [2.45, 2.75) is 38.8 Å². The van der Waals surface area contributed by atoms with E-state index in [0.29, 0.717) is 28.3 Å². The van der Waals surface area contributed by atoms with Gasteiger partial charge in [-0.3, -0.25) is 4.79 Å². The van der Waals surface area contributed by atoms with Crippen LogP contribution in [-0.2, 0) is 4.79 Å². The number of hydrogen-bond donors (Lipinski definition) is 1. The second kappa shape index (κ2) is 5.20. The number of aliphatic hydroxyl groups is 1. The third-order valence-electron chi connectivity index (χ3n) is 3.58.